The number of carbonyl (C=O) groups is 2. The van der Waals surface area contributed by atoms with Gasteiger partial charge in [0.25, 0.3) is 17.4 Å². The zero-order valence-electron chi connectivity index (χ0n) is 11.5. The predicted octanol–water partition coefficient (Wildman–Crippen LogP) is 0.185. The standard InChI is InChI=1S/C15H13N3O4/c19-6-5-18-13(20)8-12(15(18)22)17-10-2-1-9-3-4-16-14(21)11(9)7-10/h1-4,7-8,17,19H,5-6H2,(H,16,21). The van der Waals surface area contributed by atoms with Crippen LogP contribution in [0, 0.1) is 0 Å². The Labute approximate surface area is 124 Å². The summed E-state index contributed by atoms with van der Waals surface area (Å²) in [6, 6.07) is 6.85. The summed E-state index contributed by atoms with van der Waals surface area (Å²) in [4.78, 5) is 39.0. The number of pyridine rings is 1. The number of hydrogen-bond acceptors (Lipinski definition) is 5. The molecule has 0 bridgehead atoms. The van der Waals surface area contributed by atoms with Gasteiger partial charge < -0.3 is 15.4 Å². The summed E-state index contributed by atoms with van der Waals surface area (Å²) < 4.78 is 0. The molecule has 7 nitrogen and oxygen atoms in total. The topological polar surface area (TPSA) is 102 Å². The van der Waals surface area contributed by atoms with Crippen molar-refractivity contribution in [2.45, 2.75) is 0 Å². The first-order valence-corrected chi connectivity index (χ1v) is 6.67. The molecule has 0 fully saturated rings. The van der Waals surface area contributed by atoms with Crippen LogP contribution < -0.4 is 10.9 Å². The van der Waals surface area contributed by atoms with Crippen LogP contribution >= 0.6 is 0 Å². The Hall–Kier alpha value is -2.93. The van der Waals surface area contributed by atoms with Gasteiger partial charge in [0.1, 0.15) is 5.70 Å². The van der Waals surface area contributed by atoms with E-state index in [2.05, 4.69) is 10.3 Å². The molecule has 1 aromatic carbocycles. The van der Waals surface area contributed by atoms with Crippen LogP contribution in [0.15, 0.2) is 47.0 Å². The third-order valence-electron chi connectivity index (χ3n) is 3.39. The fraction of sp³-hybridized carbons (Fsp3) is 0.133. The Kier molecular flexibility index (Phi) is 3.48. The lowest BCUT2D eigenvalue weighted by molar-refractivity contribution is -0.137. The molecule has 0 atom stereocenters. The van der Waals surface area contributed by atoms with Crippen LogP contribution in [0.5, 0.6) is 0 Å². The van der Waals surface area contributed by atoms with Gasteiger partial charge in [-0.25, -0.2) is 0 Å². The zero-order chi connectivity index (χ0) is 15.7. The van der Waals surface area contributed by atoms with Gasteiger partial charge in [-0.2, -0.15) is 0 Å². The highest BCUT2D eigenvalue weighted by Gasteiger charge is 2.30. The lowest BCUT2D eigenvalue weighted by Crippen LogP contribution is -2.34. The van der Waals surface area contributed by atoms with Gasteiger partial charge in [0, 0.05) is 23.3 Å². The summed E-state index contributed by atoms with van der Waals surface area (Å²) >= 11 is 0. The minimum atomic E-state index is -0.499. The van der Waals surface area contributed by atoms with Crippen LogP contribution in [-0.4, -0.2) is 40.0 Å². The summed E-state index contributed by atoms with van der Waals surface area (Å²) in [5.74, 6) is -0.971. The second kappa shape index (κ2) is 5.45. The van der Waals surface area contributed by atoms with Gasteiger partial charge in [0.2, 0.25) is 0 Å². The Morgan fingerprint density at radius 3 is 2.77 bits per heavy atom. The predicted molar refractivity (Wildman–Crippen MR) is 80.1 cm³/mol. The van der Waals surface area contributed by atoms with E-state index in [1.165, 1.54) is 6.08 Å². The average Bonchev–Trinajstić information content (AvgIpc) is 2.76. The number of nitrogens with zero attached hydrogens (tertiary/aromatic N) is 1. The SMILES string of the molecule is O=C1C=C(Nc2ccc3cc[nH]c(=O)c3c2)C(=O)N1CCO. The Balaban J connectivity index is 1.89. The van der Waals surface area contributed by atoms with E-state index in [4.69, 9.17) is 5.11 Å². The Bertz CT molecular complexity index is 853. The summed E-state index contributed by atoms with van der Waals surface area (Å²) in [5.41, 5.74) is 0.415. The molecule has 0 saturated heterocycles. The number of imide groups is 1. The van der Waals surface area contributed by atoms with Crippen molar-refractivity contribution in [3.8, 4) is 0 Å². The summed E-state index contributed by atoms with van der Waals surface area (Å²) in [5, 5.41) is 13.0. The van der Waals surface area contributed by atoms with Crippen LogP contribution in [0.1, 0.15) is 0 Å². The fourth-order valence-corrected chi connectivity index (χ4v) is 2.33. The number of anilines is 1. The lowest BCUT2D eigenvalue weighted by Gasteiger charge is -2.13. The molecule has 22 heavy (non-hydrogen) atoms. The summed E-state index contributed by atoms with van der Waals surface area (Å²) in [6.45, 7) is -0.333. The van der Waals surface area contributed by atoms with Crippen LogP contribution in [0.4, 0.5) is 5.69 Å². The lowest BCUT2D eigenvalue weighted by atomic mass is 10.1. The maximum Gasteiger partial charge on any atom is 0.277 e. The number of rotatable bonds is 4. The molecule has 1 aliphatic heterocycles. The number of amides is 2. The van der Waals surface area contributed by atoms with E-state index >= 15 is 0 Å². The maximum absolute atomic E-state index is 12.0. The van der Waals surface area contributed by atoms with Crippen molar-refractivity contribution in [1.29, 1.82) is 0 Å². The third-order valence-corrected chi connectivity index (χ3v) is 3.39. The third kappa shape index (κ3) is 2.38. The molecule has 2 heterocycles. The second-order valence-electron chi connectivity index (χ2n) is 4.81. The molecule has 2 aromatic rings. The van der Waals surface area contributed by atoms with Crippen LogP contribution in [0.2, 0.25) is 0 Å². The molecule has 0 radical (unpaired) electrons. The molecule has 3 rings (SSSR count). The number of fused-ring (bicyclic) bond motifs is 1. The highest BCUT2D eigenvalue weighted by Crippen LogP contribution is 2.20. The number of hydrogen-bond donors (Lipinski definition) is 3. The Morgan fingerprint density at radius 1 is 1.18 bits per heavy atom. The van der Waals surface area contributed by atoms with Crippen molar-refractivity contribution in [3.63, 3.8) is 0 Å². The molecule has 7 heteroatoms. The highest BCUT2D eigenvalue weighted by molar-refractivity contribution is 6.17. The van der Waals surface area contributed by atoms with Gasteiger partial charge in [-0.3, -0.25) is 19.3 Å². The van der Waals surface area contributed by atoms with Crippen molar-refractivity contribution in [1.82, 2.24) is 9.88 Å². The van der Waals surface area contributed by atoms with E-state index in [9.17, 15) is 14.4 Å². The minimum Gasteiger partial charge on any atom is -0.395 e. The van der Waals surface area contributed by atoms with E-state index in [1.807, 2.05) is 0 Å². The maximum atomic E-state index is 12.0. The normalized spacial score (nSPS) is 14.6. The molecule has 1 aromatic heterocycles. The number of benzene rings is 1. The van der Waals surface area contributed by atoms with Crippen LogP contribution in [0.3, 0.4) is 0 Å². The van der Waals surface area contributed by atoms with E-state index in [0.29, 0.717) is 11.1 Å². The number of aliphatic hydroxyl groups is 1. The molecule has 1 aliphatic rings. The number of aliphatic hydroxyl groups excluding tert-OH is 1. The van der Waals surface area contributed by atoms with Gasteiger partial charge in [-0.1, -0.05) is 6.07 Å². The number of H-pyrrole nitrogens is 1. The van der Waals surface area contributed by atoms with Crippen molar-refractivity contribution in [2.75, 3.05) is 18.5 Å². The van der Waals surface area contributed by atoms with Gasteiger partial charge >= 0.3 is 0 Å². The van der Waals surface area contributed by atoms with Gasteiger partial charge in [-0.05, 0) is 23.6 Å². The van der Waals surface area contributed by atoms with E-state index < -0.39 is 11.8 Å². The van der Waals surface area contributed by atoms with Crippen LogP contribution in [-0.2, 0) is 9.59 Å². The quantitative estimate of drug-likeness (QED) is 0.699. The molecule has 112 valence electrons. The second-order valence-corrected chi connectivity index (χ2v) is 4.81. The largest absolute Gasteiger partial charge is 0.395 e. The molecule has 0 spiro atoms. The molecule has 3 N–H and O–H groups in total. The molecule has 0 saturated carbocycles. The first kappa shape index (κ1) is 14.0. The van der Waals surface area contributed by atoms with Crippen LogP contribution in [0.25, 0.3) is 10.8 Å². The van der Waals surface area contributed by atoms with Gasteiger partial charge in [-0.15, -0.1) is 0 Å². The molecule has 0 aliphatic carbocycles. The molecule has 2 amide bonds. The van der Waals surface area contributed by atoms with E-state index in [-0.39, 0.29) is 24.4 Å². The van der Waals surface area contributed by atoms with Crippen molar-refractivity contribution in [2.24, 2.45) is 0 Å². The first-order valence-electron chi connectivity index (χ1n) is 6.67. The van der Waals surface area contributed by atoms with E-state index in [0.717, 1.165) is 10.3 Å². The van der Waals surface area contributed by atoms with Crippen molar-refractivity contribution >= 4 is 28.3 Å². The molecular formula is C15H13N3O4. The summed E-state index contributed by atoms with van der Waals surface area (Å²) in [6.07, 6.45) is 2.74. The highest BCUT2D eigenvalue weighted by atomic mass is 16.3. The van der Waals surface area contributed by atoms with Crippen molar-refractivity contribution < 1.29 is 14.7 Å². The smallest absolute Gasteiger partial charge is 0.277 e. The number of carbonyl (C=O) groups excluding carboxylic acids is 2. The van der Waals surface area contributed by atoms with E-state index in [1.54, 1.807) is 30.5 Å². The molecule has 0 unspecified atom stereocenters. The zero-order valence-corrected chi connectivity index (χ0v) is 11.5. The molecular weight excluding hydrogens is 286 g/mol. The van der Waals surface area contributed by atoms with Gasteiger partial charge in [0.15, 0.2) is 0 Å². The first-order chi connectivity index (χ1) is 10.6. The van der Waals surface area contributed by atoms with Crippen molar-refractivity contribution in [3.05, 3.63) is 52.6 Å². The number of aromatic nitrogens is 1. The monoisotopic (exact) mass is 299 g/mol. The average molecular weight is 299 g/mol. The fourth-order valence-electron chi connectivity index (χ4n) is 2.33. The summed E-state index contributed by atoms with van der Waals surface area (Å²) in [7, 11) is 0. The number of β-amino-alcohol motifs (C(OH)–C–C–N with tert-alkyl or cyclic N) is 1. The van der Waals surface area contributed by atoms with Gasteiger partial charge in [0.05, 0.1) is 13.2 Å². The number of aromatic amines is 1. The minimum absolute atomic E-state index is 0.0449. The Morgan fingerprint density at radius 2 is 2.00 bits per heavy atom. The number of nitrogens with one attached hydrogen (secondary N) is 2.